The summed E-state index contributed by atoms with van der Waals surface area (Å²) in [4.78, 5) is 24.2. The predicted octanol–water partition coefficient (Wildman–Crippen LogP) is -2.50. The highest BCUT2D eigenvalue weighted by Gasteiger charge is 2.28. The molecule has 2 heterocycles. The molecule has 0 spiro atoms. The minimum Gasteiger partial charge on any atom is -1.00 e. The number of carbonyl (C=O) groups is 2. The number of fused-ring (bicyclic) bond motifs is 1. The number of benzene rings is 1. The first-order valence-corrected chi connectivity index (χ1v) is 7.24. The van der Waals surface area contributed by atoms with Crippen LogP contribution < -0.4 is 26.4 Å². The van der Waals surface area contributed by atoms with E-state index in [-0.39, 0.29) is 25.7 Å². The molecule has 0 N–H and O–H groups in total. The van der Waals surface area contributed by atoms with Crippen LogP contribution in [-0.2, 0) is 32.7 Å². The summed E-state index contributed by atoms with van der Waals surface area (Å²) in [5, 5.41) is 0. The Balaban J connectivity index is 0.00000225. The second kappa shape index (κ2) is 7.89. The number of hydrogen-bond acceptors (Lipinski definition) is 6. The zero-order valence-electron chi connectivity index (χ0n) is 13.7. The Morgan fingerprint density at radius 1 is 1.32 bits per heavy atom. The molecule has 0 saturated carbocycles. The third-order valence-electron chi connectivity index (χ3n) is 3.50. The number of methoxy groups -OCH3 is 1. The second-order valence-electron chi connectivity index (χ2n) is 5.26. The quantitative estimate of drug-likeness (QED) is 0.429. The van der Waals surface area contributed by atoms with E-state index in [4.69, 9.17) is 18.9 Å². The van der Waals surface area contributed by atoms with Gasteiger partial charge in [-0.2, -0.15) is 0 Å². The average molecular weight is 369 g/mol. The number of aryl methyl sites for hydroxylation is 1. The van der Waals surface area contributed by atoms with E-state index < -0.39 is 18.0 Å². The van der Waals surface area contributed by atoms with Gasteiger partial charge in [-0.15, -0.1) is 0 Å². The molecule has 2 aromatic rings. The minimum atomic E-state index is -1.17. The van der Waals surface area contributed by atoms with Crippen molar-refractivity contribution in [3.05, 3.63) is 42.5 Å². The second-order valence-corrected chi connectivity index (χ2v) is 5.26. The van der Waals surface area contributed by atoms with E-state index in [1.54, 1.807) is 46.1 Å². The van der Waals surface area contributed by atoms with Gasteiger partial charge in [0.1, 0.15) is 12.4 Å². The lowest BCUT2D eigenvalue weighted by molar-refractivity contribution is -0.671. The van der Waals surface area contributed by atoms with Gasteiger partial charge in [0.15, 0.2) is 18.0 Å². The highest BCUT2D eigenvalue weighted by molar-refractivity contribution is 5.81. The molecule has 0 fully saturated rings. The Labute approximate surface area is 150 Å². The number of imidazole rings is 1. The first-order valence-electron chi connectivity index (χ1n) is 7.24. The molecule has 0 amide bonds. The van der Waals surface area contributed by atoms with Crippen LogP contribution >= 0.6 is 0 Å². The van der Waals surface area contributed by atoms with Gasteiger partial charge in [-0.25, -0.2) is 18.7 Å². The van der Waals surface area contributed by atoms with Gasteiger partial charge in [0, 0.05) is 5.56 Å². The summed E-state index contributed by atoms with van der Waals surface area (Å²) < 4.78 is 24.0. The smallest absolute Gasteiger partial charge is 0.351 e. The van der Waals surface area contributed by atoms with Gasteiger partial charge < -0.3 is 31.4 Å². The standard InChI is InChI=1S/C16H17N2O6.ClH/c1-17-5-6-18(9-17)8-14(19)24-15(16(20)21-2)11-3-4-12-13(7-11)23-10-22-12;/h3-7,9,15H,8,10H2,1-2H3;1H/q+1;/p-1. The van der Waals surface area contributed by atoms with Crippen LogP contribution in [0.25, 0.3) is 0 Å². The molecule has 1 aromatic carbocycles. The minimum absolute atomic E-state index is 0. The maximum atomic E-state index is 12.1. The largest absolute Gasteiger partial charge is 1.00 e. The molecule has 3 rings (SSSR count). The molecule has 9 heteroatoms. The van der Waals surface area contributed by atoms with Crippen LogP contribution in [0, 0.1) is 0 Å². The lowest BCUT2D eigenvalue weighted by Crippen LogP contribution is -3.00. The summed E-state index contributed by atoms with van der Waals surface area (Å²) in [6.07, 6.45) is 4.09. The lowest BCUT2D eigenvalue weighted by atomic mass is 10.1. The Hall–Kier alpha value is -2.74. The summed E-state index contributed by atoms with van der Waals surface area (Å²) in [6.45, 7) is 0.102. The Morgan fingerprint density at radius 3 is 2.76 bits per heavy atom. The summed E-state index contributed by atoms with van der Waals surface area (Å²) in [6, 6.07) is 4.90. The summed E-state index contributed by atoms with van der Waals surface area (Å²) in [5.74, 6) is -0.150. The van der Waals surface area contributed by atoms with Gasteiger partial charge in [-0.05, 0) is 12.1 Å². The fourth-order valence-electron chi connectivity index (χ4n) is 2.35. The van der Waals surface area contributed by atoms with Crippen molar-refractivity contribution < 1.29 is 45.5 Å². The van der Waals surface area contributed by atoms with E-state index in [1.165, 1.54) is 7.11 Å². The van der Waals surface area contributed by atoms with Crippen molar-refractivity contribution in [2.45, 2.75) is 12.6 Å². The van der Waals surface area contributed by atoms with Crippen molar-refractivity contribution >= 4 is 11.9 Å². The molecule has 1 unspecified atom stereocenters. The number of nitrogens with zero attached hydrogens (tertiary/aromatic N) is 2. The SMILES string of the molecule is COC(=O)C(OC(=O)Cn1cc[n+](C)c1)c1ccc2c(c1)OCO2.[Cl-]. The molecular weight excluding hydrogens is 352 g/mol. The maximum absolute atomic E-state index is 12.1. The number of aromatic nitrogens is 2. The van der Waals surface area contributed by atoms with Crippen LogP contribution in [0.5, 0.6) is 11.5 Å². The van der Waals surface area contributed by atoms with Crippen LogP contribution in [0.3, 0.4) is 0 Å². The van der Waals surface area contributed by atoms with Crippen LogP contribution in [0.4, 0.5) is 0 Å². The van der Waals surface area contributed by atoms with Gasteiger partial charge in [0.2, 0.25) is 19.2 Å². The zero-order valence-corrected chi connectivity index (χ0v) is 14.4. The highest BCUT2D eigenvalue weighted by Crippen LogP contribution is 2.35. The molecule has 0 radical (unpaired) electrons. The summed E-state index contributed by atoms with van der Waals surface area (Å²) in [7, 11) is 3.08. The molecule has 134 valence electrons. The summed E-state index contributed by atoms with van der Waals surface area (Å²) in [5.41, 5.74) is 0.456. The molecule has 0 saturated heterocycles. The van der Waals surface area contributed by atoms with Gasteiger partial charge in [-0.1, -0.05) is 6.07 Å². The first-order chi connectivity index (χ1) is 11.6. The fourth-order valence-corrected chi connectivity index (χ4v) is 2.35. The van der Waals surface area contributed by atoms with Gasteiger partial charge in [0.25, 0.3) is 0 Å². The van der Waals surface area contributed by atoms with E-state index in [0.29, 0.717) is 17.1 Å². The highest BCUT2D eigenvalue weighted by atomic mass is 35.5. The lowest BCUT2D eigenvalue weighted by Gasteiger charge is -2.15. The number of halogens is 1. The Bertz CT molecular complexity index is 776. The van der Waals surface area contributed by atoms with Crippen LogP contribution in [0.1, 0.15) is 11.7 Å². The molecule has 25 heavy (non-hydrogen) atoms. The first kappa shape index (κ1) is 18.6. The maximum Gasteiger partial charge on any atom is 0.351 e. The predicted molar refractivity (Wildman–Crippen MR) is 79.0 cm³/mol. The number of carbonyl (C=O) groups excluding carboxylic acids is 2. The normalized spacial score (nSPS) is 12.9. The van der Waals surface area contributed by atoms with Crippen molar-refractivity contribution in [3.8, 4) is 11.5 Å². The molecule has 1 aliphatic heterocycles. The van der Waals surface area contributed by atoms with Gasteiger partial charge in [-0.3, -0.25) is 0 Å². The summed E-state index contributed by atoms with van der Waals surface area (Å²) >= 11 is 0. The molecule has 1 aliphatic rings. The van der Waals surface area contributed by atoms with Crippen molar-refractivity contribution in [3.63, 3.8) is 0 Å². The molecule has 0 bridgehead atoms. The number of hydrogen-bond donors (Lipinski definition) is 0. The molecular formula is C16H17ClN2O6. The van der Waals surface area contributed by atoms with Crippen molar-refractivity contribution in [2.75, 3.05) is 13.9 Å². The van der Waals surface area contributed by atoms with Crippen LogP contribution in [0.2, 0.25) is 0 Å². The molecule has 1 aromatic heterocycles. The zero-order chi connectivity index (χ0) is 17.1. The van der Waals surface area contributed by atoms with E-state index in [9.17, 15) is 9.59 Å². The van der Waals surface area contributed by atoms with E-state index in [0.717, 1.165) is 0 Å². The number of esters is 2. The number of ether oxygens (including phenoxy) is 4. The van der Waals surface area contributed by atoms with E-state index in [1.807, 2.05) is 7.05 Å². The van der Waals surface area contributed by atoms with Crippen LogP contribution in [0.15, 0.2) is 36.9 Å². The monoisotopic (exact) mass is 368 g/mol. The van der Waals surface area contributed by atoms with E-state index in [2.05, 4.69) is 0 Å². The molecule has 8 nitrogen and oxygen atoms in total. The van der Waals surface area contributed by atoms with Crippen molar-refractivity contribution in [1.29, 1.82) is 0 Å². The van der Waals surface area contributed by atoms with Crippen molar-refractivity contribution in [2.24, 2.45) is 7.05 Å². The topological polar surface area (TPSA) is 79.9 Å². The van der Waals surface area contributed by atoms with Crippen molar-refractivity contribution in [1.82, 2.24) is 4.57 Å². The Morgan fingerprint density at radius 2 is 2.08 bits per heavy atom. The third-order valence-corrected chi connectivity index (χ3v) is 3.50. The van der Waals surface area contributed by atoms with Crippen LogP contribution in [-0.4, -0.2) is 30.4 Å². The molecule has 0 aliphatic carbocycles. The Kier molecular flexibility index (Phi) is 5.87. The number of rotatable bonds is 5. The fraction of sp³-hybridized carbons (Fsp3) is 0.312. The molecule has 1 atom stereocenters. The average Bonchev–Trinajstić information content (AvgIpc) is 3.19. The third kappa shape index (κ3) is 4.21. The van der Waals surface area contributed by atoms with Gasteiger partial charge >= 0.3 is 11.9 Å². The van der Waals surface area contributed by atoms with E-state index >= 15 is 0 Å². The van der Waals surface area contributed by atoms with Gasteiger partial charge in [0.05, 0.1) is 14.2 Å².